The topological polar surface area (TPSA) is 42.8 Å². The van der Waals surface area contributed by atoms with Gasteiger partial charge in [-0.05, 0) is 30.7 Å². The normalized spacial score (nSPS) is 12.6. The standard InChI is InChI=1S/C19H20ClF3N2O2/c1-12-8-16(17(27-3)9-15(12)20)24-18(26)11-25(2)10-13-4-6-14(7-5-13)19(21,22)23/h4-9H,10-11H2,1-3H3,(H,24,26)/p+1. The maximum absolute atomic E-state index is 12.6. The average molecular weight is 402 g/mol. The van der Waals surface area contributed by atoms with Crippen molar-refractivity contribution in [2.45, 2.75) is 19.6 Å². The first-order valence-electron chi connectivity index (χ1n) is 8.21. The quantitative estimate of drug-likeness (QED) is 0.779. The molecular formula is C19H21ClF3N2O2+. The maximum atomic E-state index is 12.6. The fraction of sp³-hybridized carbons (Fsp3) is 0.316. The molecule has 27 heavy (non-hydrogen) atoms. The third kappa shape index (κ3) is 5.87. The van der Waals surface area contributed by atoms with E-state index in [-0.39, 0.29) is 12.5 Å². The van der Waals surface area contributed by atoms with Gasteiger partial charge < -0.3 is 15.0 Å². The molecule has 0 fully saturated rings. The number of anilines is 1. The number of alkyl halides is 3. The molecule has 0 radical (unpaired) electrons. The molecule has 4 nitrogen and oxygen atoms in total. The molecule has 1 atom stereocenters. The van der Waals surface area contributed by atoms with Crippen LogP contribution in [0.4, 0.5) is 18.9 Å². The number of methoxy groups -OCH3 is 1. The fourth-order valence-electron chi connectivity index (χ4n) is 2.62. The summed E-state index contributed by atoms with van der Waals surface area (Å²) in [5.74, 6) is 0.221. The van der Waals surface area contributed by atoms with Crippen molar-refractivity contribution in [1.82, 2.24) is 0 Å². The van der Waals surface area contributed by atoms with E-state index in [0.29, 0.717) is 28.6 Å². The summed E-state index contributed by atoms with van der Waals surface area (Å²) >= 11 is 6.05. The summed E-state index contributed by atoms with van der Waals surface area (Å²) in [4.78, 5) is 13.1. The molecule has 0 aliphatic rings. The van der Waals surface area contributed by atoms with Gasteiger partial charge in [0.05, 0.1) is 25.4 Å². The van der Waals surface area contributed by atoms with E-state index in [9.17, 15) is 18.0 Å². The molecule has 2 aromatic rings. The van der Waals surface area contributed by atoms with Gasteiger partial charge in [0.1, 0.15) is 12.3 Å². The largest absolute Gasteiger partial charge is 0.495 e. The lowest BCUT2D eigenvalue weighted by molar-refractivity contribution is -0.885. The lowest BCUT2D eigenvalue weighted by atomic mass is 10.1. The van der Waals surface area contributed by atoms with E-state index in [4.69, 9.17) is 16.3 Å². The van der Waals surface area contributed by atoms with Crippen molar-refractivity contribution in [1.29, 1.82) is 0 Å². The molecule has 146 valence electrons. The van der Waals surface area contributed by atoms with Crippen molar-refractivity contribution in [3.63, 3.8) is 0 Å². The van der Waals surface area contributed by atoms with Crippen LogP contribution < -0.4 is 15.0 Å². The van der Waals surface area contributed by atoms with Gasteiger partial charge in [0.15, 0.2) is 6.54 Å². The molecule has 2 aromatic carbocycles. The second-order valence-corrected chi connectivity index (χ2v) is 6.76. The number of nitrogens with one attached hydrogen (secondary N) is 2. The van der Waals surface area contributed by atoms with Gasteiger partial charge in [-0.2, -0.15) is 13.2 Å². The van der Waals surface area contributed by atoms with E-state index in [1.807, 2.05) is 6.92 Å². The van der Waals surface area contributed by atoms with Gasteiger partial charge in [-0.1, -0.05) is 23.7 Å². The summed E-state index contributed by atoms with van der Waals surface area (Å²) in [6.07, 6.45) is -4.35. The molecule has 0 heterocycles. The van der Waals surface area contributed by atoms with Crippen molar-refractivity contribution < 1.29 is 27.6 Å². The van der Waals surface area contributed by atoms with Crippen molar-refractivity contribution in [2.24, 2.45) is 0 Å². The zero-order chi connectivity index (χ0) is 20.2. The summed E-state index contributed by atoms with van der Waals surface area (Å²) < 4.78 is 43.0. The number of rotatable bonds is 6. The second kappa shape index (κ2) is 8.63. The minimum atomic E-state index is -4.35. The first-order chi connectivity index (χ1) is 12.6. The van der Waals surface area contributed by atoms with Crippen molar-refractivity contribution in [2.75, 3.05) is 26.0 Å². The lowest BCUT2D eigenvalue weighted by Crippen LogP contribution is -3.08. The number of aryl methyl sites for hydroxylation is 1. The Hall–Kier alpha value is -2.25. The van der Waals surface area contributed by atoms with E-state index in [0.717, 1.165) is 22.6 Å². The van der Waals surface area contributed by atoms with Gasteiger partial charge in [-0.25, -0.2) is 0 Å². The van der Waals surface area contributed by atoms with Crippen LogP contribution in [0.2, 0.25) is 5.02 Å². The van der Waals surface area contributed by atoms with E-state index in [2.05, 4.69) is 5.32 Å². The third-order valence-electron chi connectivity index (χ3n) is 4.00. The van der Waals surface area contributed by atoms with Gasteiger partial charge in [-0.15, -0.1) is 0 Å². The van der Waals surface area contributed by atoms with E-state index >= 15 is 0 Å². The Morgan fingerprint density at radius 1 is 1.22 bits per heavy atom. The van der Waals surface area contributed by atoms with Crippen LogP contribution in [0, 0.1) is 6.92 Å². The SMILES string of the molecule is COc1cc(Cl)c(C)cc1NC(=O)C[NH+](C)Cc1ccc(C(F)(F)F)cc1. The number of carbonyl (C=O) groups is 1. The van der Waals surface area contributed by atoms with Crippen molar-refractivity contribution in [3.8, 4) is 5.75 Å². The van der Waals surface area contributed by atoms with Gasteiger partial charge >= 0.3 is 6.18 Å². The molecule has 0 saturated carbocycles. The first kappa shape index (κ1) is 21.1. The predicted octanol–water partition coefficient (Wildman–Crippen LogP) is 3.33. The smallest absolute Gasteiger partial charge is 0.416 e. The Balaban J connectivity index is 1.97. The molecule has 2 N–H and O–H groups in total. The first-order valence-corrected chi connectivity index (χ1v) is 8.59. The van der Waals surface area contributed by atoms with Crippen molar-refractivity contribution in [3.05, 3.63) is 58.1 Å². The summed E-state index contributed by atoms with van der Waals surface area (Å²) in [5, 5.41) is 3.32. The molecular weight excluding hydrogens is 381 g/mol. The number of hydrogen-bond acceptors (Lipinski definition) is 2. The number of halogens is 4. The molecule has 0 spiro atoms. The molecule has 1 amide bonds. The molecule has 2 rings (SSSR count). The van der Waals surface area contributed by atoms with E-state index in [1.165, 1.54) is 19.2 Å². The summed E-state index contributed by atoms with van der Waals surface area (Å²) in [7, 11) is 3.28. The Morgan fingerprint density at radius 3 is 2.41 bits per heavy atom. The maximum Gasteiger partial charge on any atom is 0.416 e. The number of benzene rings is 2. The molecule has 0 aliphatic carbocycles. The zero-order valence-corrected chi connectivity index (χ0v) is 16.0. The van der Waals surface area contributed by atoms with Crippen LogP contribution in [0.3, 0.4) is 0 Å². The highest BCUT2D eigenvalue weighted by Gasteiger charge is 2.30. The highest BCUT2D eigenvalue weighted by Crippen LogP contribution is 2.31. The monoisotopic (exact) mass is 401 g/mol. The average Bonchev–Trinajstić information content (AvgIpc) is 2.57. The highest BCUT2D eigenvalue weighted by atomic mass is 35.5. The van der Waals surface area contributed by atoms with Crippen LogP contribution in [0.25, 0.3) is 0 Å². The minimum absolute atomic E-state index is 0.145. The highest BCUT2D eigenvalue weighted by molar-refractivity contribution is 6.31. The van der Waals surface area contributed by atoms with E-state index in [1.54, 1.807) is 19.2 Å². The molecule has 0 saturated heterocycles. The number of hydrogen-bond donors (Lipinski definition) is 2. The van der Waals surface area contributed by atoms with Crippen molar-refractivity contribution >= 4 is 23.2 Å². The van der Waals surface area contributed by atoms with Crippen LogP contribution in [-0.2, 0) is 17.5 Å². The number of quaternary nitrogens is 1. The Bertz CT molecular complexity index is 808. The molecule has 1 unspecified atom stereocenters. The van der Waals surface area contributed by atoms with E-state index < -0.39 is 11.7 Å². The minimum Gasteiger partial charge on any atom is -0.495 e. The van der Waals surface area contributed by atoms with Gasteiger partial charge in [0.25, 0.3) is 5.91 Å². The van der Waals surface area contributed by atoms with Crippen LogP contribution in [0.5, 0.6) is 5.75 Å². The lowest BCUT2D eigenvalue weighted by Gasteiger charge is -2.16. The third-order valence-corrected chi connectivity index (χ3v) is 4.41. The van der Waals surface area contributed by atoms with Gasteiger partial charge in [-0.3, -0.25) is 4.79 Å². The van der Waals surface area contributed by atoms with Crippen LogP contribution >= 0.6 is 11.6 Å². The summed E-state index contributed by atoms with van der Waals surface area (Å²) in [5.41, 5.74) is 1.35. The number of likely N-dealkylation sites (N-methyl/N-ethyl adjacent to an activating group) is 1. The molecule has 0 bridgehead atoms. The van der Waals surface area contributed by atoms with Crippen LogP contribution in [0.15, 0.2) is 36.4 Å². The van der Waals surface area contributed by atoms with Crippen LogP contribution in [-0.4, -0.2) is 26.6 Å². The number of carbonyl (C=O) groups excluding carboxylic acids is 1. The molecule has 8 heteroatoms. The number of amides is 1. The molecule has 0 aliphatic heterocycles. The Labute approximate surface area is 160 Å². The fourth-order valence-corrected chi connectivity index (χ4v) is 2.77. The van der Waals surface area contributed by atoms with Gasteiger partial charge in [0, 0.05) is 16.7 Å². The Kier molecular flexibility index (Phi) is 6.73. The second-order valence-electron chi connectivity index (χ2n) is 6.36. The number of ether oxygens (including phenoxy) is 1. The predicted molar refractivity (Wildman–Crippen MR) is 98.3 cm³/mol. The van der Waals surface area contributed by atoms with Crippen LogP contribution in [0.1, 0.15) is 16.7 Å². The zero-order valence-electron chi connectivity index (χ0n) is 15.2. The Morgan fingerprint density at radius 2 is 1.85 bits per heavy atom. The van der Waals surface area contributed by atoms with Gasteiger partial charge in [0.2, 0.25) is 0 Å². The molecule has 0 aromatic heterocycles. The summed E-state index contributed by atoms with van der Waals surface area (Å²) in [6, 6.07) is 8.30. The summed E-state index contributed by atoms with van der Waals surface area (Å²) in [6.45, 7) is 2.38.